The third kappa shape index (κ3) is 4.92. The molecule has 0 aliphatic heterocycles. The molecule has 0 unspecified atom stereocenters. The number of benzene rings is 2. The number of aromatic nitrogens is 2. The molecule has 160 valence electrons. The number of hydrogen-bond acceptors (Lipinski definition) is 6. The molecule has 10 heteroatoms. The molecule has 0 spiro atoms. The zero-order chi connectivity index (χ0) is 22.7. The maximum atomic E-state index is 12.6. The maximum absolute atomic E-state index is 12.6. The van der Waals surface area contributed by atoms with Gasteiger partial charge in [0.25, 0.3) is 11.2 Å². The summed E-state index contributed by atoms with van der Waals surface area (Å²) in [6, 6.07) is 7.65. The summed E-state index contributed by atoms with van der Waals surface area (Å²) >= 11 is 0. The lowest BCUT2D eigenvalue weighted by atomic mass is 10.1. The fraction of sp³-hybridized carbons (Fsp3) is 0.238. The predicted octanol–water partition coefficient (Wildman–Crippen LogP) is 1.98. The fourth-order valence-corrected chi connectivity index (χ4v) is 3.32. The number of nitro benzene ring substituents is 1. The van der Waals surface area contributed by atoms with E-state index in [1.165, 1.54) is 18.5 Å². The van der Waals surface area contributed by atoms with Gasteiger partial charge in [-0.25, -0.2) is 4.98 Å². The van der Waals surface area contributed by atoms with Crippen LogP contribution in [0.25, 0.3) is 10.9 Å². The fourth-order valence-electron chi connectivity index (χ4n) is 3.32. The number of amides is 2. The Labute approximate surface area is 177 Å². The number of anilines is 1. The molecule has 0 bridgehead atoms. The quantitative estimate of drug-likeness (QED) is 0.460. The molecule has 1 heterocycles. The highest BCUT2D eigenvalue weighted by molar-refractivity contribution is 5.95. The van der Waals surface area contributed by atoms with Gasteiger partial charge in [0.2, 0.25) is 11.8 Å². The van der Waals surface area contributed by atoms with Gasteiger partial charge in [-0.15, -0.1) is 0 Å². The zero-order valence-corrected chi connectivity index (χ0v) is 17.3. The summed E-state index contributed by atoms with van der Waals surface area (Å²) in [7, 11) is 0. The number of fused-ring (bicyclic) bond motifs is 1. The second-order valence-electron chi connectivity index (χ2n) is 7.23. The van der Waals surface area contributed by atoms with Crippen LogP contribution in [0, 0.1) is 30.9 Å². The van der Waals surface area contributed by atoms with E-state index in [2.05, 4.69) is 15.6 Å². The van der Waals surface area contributed by atoms with Crippen LogP contribution in [0.5, 0.6) is 0 Å². The summed E-state index contributed by atoms with van der Waals surface area (Å²) in [4.78, 5) is 51.4. The van der Waals surface area contributed by atoms with Gasteiger partial charge < -0.3 is 10.6 Å². The second-order valence-corrected chi connectivity index (χ2v) is 7.23. The molecule has 2 N–H and O–H groups in total. The first kappa shape index (κ1) is 21.6. The summed E-state index contributed by atoms with van der Waals surface area (Å²) in [5.41, 5.74) is 3.07. The van der Waals surface area contributed by atoms with Crippen molar-refractivity contribution in [1.29, 1.82) is 0 Å². The lowest BCUT2D eigenvalue weighted by molar-refractivity contribution is -0.384. The highest BCUT2D eigenvalue weighted by atomic mass is 16.6. The standard InChI is InChI=1S/C21H21N5O5/c1-12-6-13(2)20(14(3)7-12)24-18(27)9-22-19(28)10-25-11-23-17-5-4-15(26(30)31)8-16(17)21(25)29/h4-8,11H,9-10H2,1-3H3,(H,22,28)(H,24,27). The minimum absolute atomic E-state index is 0.0348. The average molecular weight is 423 g/mol. The molecule has 0 saturated heterocycles. The van der Waals surface area contributed by atoms with Crippen LogP contribution in [0.3, 0.4) is 0 Å². The minimum Gasteiger partial charge on any atom is -0.345 e. The Kier molecular flexibility index (Phi) is 6.10. The number of nitro groups is 1. The lowest BCUT2D eigenvalue weighted by Gasteiger charge is -2.13. The zero-order valence-electron chi connectivity index (χ0n) is 17.3. The molecule has 3 aromatic rings. The Bertz CT molecular complexity index is 1240. The number of non-ortho nitro benzene ring substituents is 1. The number of nitrogens with one attached hydrogen (secondary N) is 2. The minimum atomic E-state index is -0.612. The van der Waals surface area contributed by atoms with Crippen molar-refractivity contribution in [3.05, 3.63) is 73.8 Å². The number of hydrogen-bond donors (Lipinski definition) is 2. The topological polar surface area (TPSA) is 136 Å². The van der Waals surface area contributed by atoms with Crippen LogP contribution in [-0.2, 0) is 16.1 Å². The monoisotopic (exact) mass is 423 g/mol. The molecule has 1 aromatic heterocycles. The van der Waals surface area contributed by atoms with E-state index < -0.39 is 22.3 Å². The van der Waals surface area contributed by atoms with E-state index in [0.29, 0.717) is 5.69 Å². The summed E-state index contributed by atoms with van der Waals surface area (Å²) in [5.74, 6) is -0.968. The Morgan fingerprint density at radius 3 is 2.42 bits per heavy atom. The van der Waals surface area contributed by atoms with Crippen molar-refractivity contribution in [1.82, 2.24) is 14.9 Å². The van der Waals surface area contributed by atoms with Crippen molar-refractivity contribution >= 4 is 34.1 Å². The molecule has 2 amide bonds. The summed E-state index contributed by atoms with van der Waals surface area (Å²) in [6.07, 6.45) is 1.19. The molecule has 2 aromatic carbocycles. The van der Waals surface area contributed by atoms with E-state index >= 15 is 0 Å². The van der Waals surface area contributed by atoms with Crippen LogP contribution in [0.1, 0.15) is 16.7 Å². The highest BCUT2D eigenvalue weighted by Gasteiger charge is 2.14. The van der Waals surface area contributed by atoms with Crippen LogP contribution in [-0.4, -0.2) is 32.8 Å². The van der Waals surface area contributed by atoms with Gasteiger partial charge in [0.1, 0.15) is 6.54 Å². The maximum Gasteiger partial charge on any atom is 0.270 e. The largest absolute Gasteiger partial charge is 0.345 e. The predicted molar refractivity (Wildman–Crippen MR) is 115 cm³/mol. The Balaban J connectivity index is 1.66. The van der Waals surface area contributed by atoms with E-state index in [4.69, 9.17) is 0 Å². The van der Waals surface area contributed by atoms with Crippen molar-refractivity contribution in [3.8, 4) is 0 Å². The van der Waals surface area contributed by atoms with Crippen LogP contribution >= 0.6 is 0 Å². The van der Waals surface area contributed by atoms with Crippen molar-refractivity contribution in [2.24, 2.45) is 0 Å². The summed E-state index contributed by atoms with van der Waals surface area (Å²) < 4.78 is 1.04. The molecular formula is C21H21N5O5. The molecular weight excluding hydrogens is 402 g/mol. The van der Waals surface area contributed by atoms with Crippen LogP contribution in [0.4, 0.5) is 11.4 Å². The normalized spacial score (nSPS) is 10.7. The van der Waals surface area contributed by atoms with Gasteiger partial charge in [-0.1, -0.05) is 17.7 Å². The number of rotatable bonds is 6. The Morgan fingerprint density at radius 2 is 1.77 bits per heavy atom. The first-order chi connectivity index (χ1) is 14.7. The van der Waals surface area contributed by atoms with E-state index in [9.17, 15) is 24.5 Å². The van der Waals surface area contributed by atoms with Crippen molar-refractivity contribution < 1.29 is 14.5 Å². The number of carbonyl (C=O) groups is 2. The Hall–Kier alpha value is -4.08. The van der Waals surface area contributed by atoms with Crippen molar-refractivity contribution in [2.75, 3.05) is 11.9 Å². The molecule has 31 heavy (non-hydrogen) atoms. The van der Waals surface area contributed by atoms with Crippen molar-refractivity contribution in [2.45, 2.75) is 27.3 Å². The van der Waals surface area contributed by atoms with E-state index in [1.807, 2.05) is 32.9 Å². The van der Waals surface area contributed by atoms with Crippen LogP contribution in [0.2, 0.25) is 0 Å². The SMILES string of the molecule is Cc1cc(C)c(NC(=O)CNC(=O)Cn2cnc3ccc([N+](=O)[O-])cc3c2=O)c(C)c1. The number of aryl methyl sites for hydroxylation is 3. The molecule has 0 fully saturated rings. The summed E-state index contributed by atoms with van der Waals surface area (Å²) in [5, 5.41) is 16.2. The third-order valence-electron chi connectivity index (χ3n) is 4.72. The number of carbonyl (C=O) groups excluding carboxylic acids is 2. The molecule has 10 nitrogen and oxygen atoms in total. The molecule has 0 radical (unpaired) electrons. The van der Waals surface area contributed by atoms with E-state index in [-0.39, 0.29) is 29.7 Å². The van der Waals surface area contributed by atoms with Crippen LogP contribution < -0.4 is 16.2 Å². The first-order valence-electron chi connectivity index (χ1n) is 9.43. The van der Waals surface area contributed by atoms with Gasteiger partial charge in [-0.3, -0.25) is 29.1 Å². The highest BCUT2D eigenvalue weighted by Crippen LogP contribution is 2.21. The van der Waals surface area contributed by atoms with Gasteiger partial charge in [0.05, 0.1) is 28.7 Å². The van der Waals surface area contributed by atoms with Crippen molar-refractivity contribution in [3.63, 3.8) is 0 Å². The second kappa shape index (κ2) is 8.74. The average Bonchev–Trinajstić information content (AvgIpc) is 2.71. The van der Waals surface area contributed by atoms with Crippen LogP contribution in [0.15, 0.2) is 41.5 Å². The molecule has 0 aliphatic carbocycles. The van der Waals surface area contributed by atoms with Gasteiger partial charge in [-0.2, -0.15) is 0 Å². The smallest absolute Gasteiger partial charge is 0.270 e. The molecule has 3 rings (SSSR count). The summed E-state index contributed by atoms with van der Waals surface area (Å²) in [6.45, 7) is 5.09. The molecule has 0 aliphatic rings. The Morgan fingerprint density at radius 1 is 1.10 bits per heavy atom. The number of nitrogens with zero attached hydrogens (tertiary/aromatic N) is 3. The lowest BCUT2D eigenvalue weighted by Crippen LogP contribution is -2.37. The van der Waals surface area contributed by atoms with Gasteiger partial charge in [-0.05, 0) is 38.0 Å². The molecule has 0 atom stereocenters. The van der Waals surface area contributed by atoms with E-state index in [1.54, 1.807) is 0 Å². The molecule has 0 saturated carbocycles. The first-order valence-corrected chi connectivity index (χ1v) is 9.43. The van der Waals surface area contributed by atoms with Gasteiger partial charge in [0, 0.05) is 17.8 Å². The van der Waals surface area contributed by atoms with Gasteiger partial charge in [0.15, 0.2) is 0 Å². The third-order valence-corrected chi connectivity index (χ3v) is 4.72. The van der Waals surface area contributed by atoms with Gasteiger partial charge >= 0.3 is 0 Å². The van der Waals surface area contributed by atoms with E-state index in [0.717, 1.165) is 27.3 Å².